The highest BCUT2D eigenvalue weighted by Gasteiger charge is 2.44. The fourth-order valence-electron chi connectivity index (χ4n) is 3.86. The Kier molecular flexibility index (Phi) is 6.25. The molecule has 0 saturated carbocycles. The van der Waals surface area contributed by atoms with Gasteiger partial charge >= 0.3 is 0 Å². The number of aliphatic hydroxyl groups is 4. The van der Waals surface area contributed by atoms with E-state index in [0.29, 0.717) is 10.6 Å². The molecule has 0 spiro atoms. The molecule has 0 aliphatic carbocycles. The normalized spacial score (nSPS) is 26.4. The Morgan fingerprint density at radius 3 is 2.55 bits per heavy atom. The predicted molar refractivity (Wildman–Crippen MR) is 113 cm³/mol. The van der Waals surface area contributed by atoms with Crippen LogP contribution in [0.15, 0.2) is 52.4 Å². The zero-order chi connectivity index (χ0) is 22.3. The quantitative estimate of drug-likeness (QED) is 0.474. The number of aryl methyl sites for hydroxylation is 1. The van der Waals surface area contributed by atoms with E-state index in [1.807, 2.05) is 25.1 Å². The fourth-order valence-corrected chi connectivity index (χ4v) is 4.83. The first-order chi connectivity index (χ1) is 14.8. The molecule has 3 aromatic rings. The monoisotopic (exact) mass is 449 g/mol. The van der Waals surface area contributed by atoms with Crippen molar-refractivity contribution in [2.24, 2.45) is 0 Å². The minimum Gasteiger partial charge on any atom is -0.497 e. The molecule has 2 heterocycles. The number of halogens is 1. The average molecular weight is 450 g/mol. The molecule has 4 N–H and O–H groups in total. The lowest BCUT2D eigenvalue weighted by atomic mass is 9.98. The van der Waals surface area contributed by atoms with Gasteiger partial charge in [-0.05, 0) is 24.6 Å². The average Bonchev–Trinajstić information content (AvgIpc) is 3.13. The molecule has 1 aliphatic heterocycles. The summed E-state index contributed by atoms with van der Waals surface area (Å²) in [5.41, 5.74) is 1.62. The number of hydrogen-bond donors (Lipinski definition) is 4. The summed E-state index contributed by atoms with van der Waals surface area (Å²) in [4.78, 5) is 1.12. The van der Waals surface area contributed by atoms with Crippen LogP contribution in [0.3, 0.4) is 0 Å². The molecule has 5 atom stereocenters. The number of nitrogens with zero attached hydrogens (tertiary/aromatic N) is 1. The number of rotatable bonds is 5. The number of benzene rings is 2. The van der Waals surface area contributed by atoms with Gasteiger partial charge in [0.1, 0.15) is 36.0 Å². The van der Waals surface area contributed by atoms with Gasteiger partial charge in [-0.3, -0.25) is 0 Å². The predicted octanol–water partition coefficient (Wildman–Crippen LogP) is 2.22. The Balaban J connectivity index is 1.79. The standard InChI is InChI=1S/C22H24FNO6S/c1-11-4-3-5-13-17(31-16-7-6-12(29-2)8-14(16)23)9-24(18(11)13)22-21(28)20(27)19(26)15(10-25)30-22/h3-9,15,19-22,25-28H,10H2,1-2H3/t15-,19-,20+,21-,22-/m1/s1. The van der Waals surface area contributed by atoms with Crippen molar-refractivity contribution in [3.8, 4) is 5.75 Å². The first-order valence-corrected chi connectivity index (χ1v) is 10.6. The Morgan fingerprint density at radius 2 is 1.87 bits per heavy atom. The van der Waals surface area contributed by atoms with Gasteiger partial charge < -0.3 is 34.5 Å². The van der Waals surface area contributed by atoms with Crippen molar-refractivity contribution in [1.82, 2.24) is 4.57 Å². The van der Waals surface area contributed by atoms with Crippen LogP contribution in [-0.2, 0) is 4.74 Å². The number of fused-ring (bicyclic) bond motifs is 1. The summed E-state index contributed by atoms with van der Waals surface area (Å²) in [5, 5.41) is 41.3. The molecule has 166 valence electrons. The van der Waals surface area contributed by atoms with Crippen LogP contribution in [0, 0.1) is 12.7 Å². The lowest BCUT2D eigenvalue weighted by molar-refractivity contribution is -0.250. The van der Waals surface area contributed by atoms with Crippen molar-refractivity contribution < 1.29 is 34.3 Å². The van der Waals surface area contributed by atoms with Gasteiger partial charge in [-0.15, -0.1) is 0 Å². The maximum Gasteiger partial charge on any atom is 0.163 e. The van der Waals surface area contributed by atoms with Crippen LogP contribution < -0.4 is 4.74 Å². The molecule has 7 nitrogen and oxygen atoms in total. The molecule has 1 aromatic heterocycles. The van der Waals surface area contributed by atoms with Crippen molar-refractivity contribution in [1.29, 1.82) is 0 Å². The molecule has 0 bridgehead atoms. The Bertz CT molecular complexity index is 1090. The van der Waals surface area contributed by atoms with E-state index in [1.165, 1.54) is 24.9 Å². The van der Waals surface area contributed by atoms with Crippen LogP contribution in [0.4, 0.5) is 4.39 Å². The number of methoxy groups -OCH3 is 1. The van der Waals surface area contributed by atoms with Crippen LogP contribution in [0.25, 0.3) is 10.9 Å². The molecule has 1 aliphatic rings. The van der Waals surface area contributed by atoms with Gasteiger partial charge in [-0.1, -0.05) is 30.0 Å². The lowest BCUT2D eigenvalue weighted by Crippen LogP contribution is -2.56. The van der Waals surface area contributed by atoms with Crippen molar-refractivity contribution in [2.45, 2.75) is 47.4 Å². The molecular weight excluding hydrogens is 425 g/mol. The molecule has 0 amide bonds. The molecule has 4 rings (SSSR count). The highest BCUT2D eigenvalue weighted by molar-refractivity contribution is 7.99. The van der Waals surface area contributed by atoms with Gasteiger partial charge in [0.2, 0.25) is 0 Å². The molecule has 0 unspecified atom stereocenters. The van der Waals surface area contributed by atoms with Crippen molar-refractivity contribution in [2.75, 3.05) is 13.7 Å². The fraction of sp³-hybridized carbons (Fsp3) is 0.364. The van der Waals surface area contributed by atoms with E-state index in [9.17, 15) is 24.8 Å². The Labute approximate surface area is 182 Å². The van der Waals surface area contributed by atoms with Gasteiger partial charge in [-0.2, -0.15) is 0 Å². The van der Waals surface area contributed by atoms with Crippen molar-refractivity contribution in [3.63, 3.8) is 0 Å². The van der Waals surface area contributed by atoms with Crippen LogP contribution in [-0.4, -0.2) is 63.1 Å². The Hall–Kier alpha value is -2.14. The first-order valence-electron chi connectivity index (χ1n) is 9.77. The smallest absolute Gasteiger partial charge is 0.163 e. The van der Waals surface area contributed by atoms with E-state index in [1.54, 1.807) is 22.9 Å². The molecular formula is C22H24FNO6S. The van der Waals surface area contributed by atoms with E-state index in [0.717, 1.165) is 21.4 Å². The van der Waals surface area contributed by atoms with E-state index in [-0.39, 0.29) is 0 Å². The molecule has 2 aromatic carbocycles. The molecule has 0 radical (unpaired) electrons. The third-order valence-corrected chi connectivity index (χ3v) is 6.61. The van der Waals surface area contributed by atoms with Crippen LogP contribution in [0.2, 0.25) is 0 Å². The molecule has 31 heavy (non-hydrogen) atoms. The maximum atomic E-state index is 14.6. The van der Waals surface area contributed by atoms with E-state index in [4.69, 9.17) is 9.47 Å². The van der Waals surface area contributed by atoms with E-state index >= 15 is 0 Å². The van der Waals surface area contributed by atoms with Crippen LogP contribution >= 0.6 is 11.8 Å². The van der Waals surface area contributed by atoms with E-state index < -0.39 is 43.1 Å². The van der Waals surface area contributed by atoms with Gasteiger partial charge in [0.25, 0.3) is 0 Å². The summed E-state index contributed by atoms with van der Waals surface area (Å²) in [6.07, 6.45) is -4.72. The number of aromatic nitrogens is 1. The number of para-hydroxylation sites is 1. The number of aliphatic hydroxyl groups excluding tert-OH is 4. The summed E-state index contributed by atoms with van der Waals surface area (Å²) in [5.74, 6) is -0.00724. The largest absolute Gasteiger partial charge is 0.497 e. The van der Waals surface area contributed by atoms with Crippen LogP contribution in [0.1, 0.15) is 11.8 Å². The second-order valence-corrected chi connectivity index (χ2v) is 8.57. The highest BCUT2D eigenvalue weighted by Crippen LogP contribution is 2.41. The zero-order valence-electron chi connectivity index (χ0n) is 17.0. The summed E-state index contributed by atoms with van der Waals surface area (Å²) >= 11 is 1.22. The van der Waals surface area contributed by atoms with Gasteiger partial charge in [-0.25, -0.2) is 4.39 Å². The number of hydrogen-bond acceptors (Lipinski definition) is 7. The van der Waals surface area contributed by atoms with Crippen molar-refractivity contribution >= 4 is 22.7 Å². The second kappa shape index (κ2) is 8.78. The third-order valence-electron chi connectivity index (χ3n) is 5.52. The molecule has 9 heteroatoms. The maximum absolute atomic E-state index is 14.6. The van der Waals surface area contributed by atoms with Gasteiger partial charge in [0, 0.05) is 27.4 Å². The van der Waals surface area contributed by atoms with E-state index in [2.05, 4.69) is 0 Å². The summed E-state index contributed by atoms with van der Waals surface area (Å²) < 4.78 is 27.0. The minimum absolute atomic E-state index is 0.398. The third kappa shape index (κ3) is 3.93. The molecule has 1 fully saturated rings. The Morgan fingerprint density at radius 1 is 1.10 bits per heavy atom. The van der Waals surface area contributed by atoms with Gasteiger partial charge in [0.15, 0.2) is 6.23 Å². The highest BCUT2D eigenvalue weighted by atomic mass is 32.2. The summed E-state index contributed by atoms with van der Waals surface area (Å²) in [6, 6.07) is 10.3. The van der Waals surface area contributed by atoms with Crippen molar-refractivity contribution in [3.05, 3.63) is 54.0 Å². The zero-order valence-corrected chi connectivity index (χ0v) is 17.8. The molecule has 1 saturated heterocycles. The van der Waals surface area contributed by atoms with Gasteiger partial charge in [0.05, 0.1) is 19.2 Å². The topological polar surface area (TPSA) is 104 Å². The minimum atomic E-state index is -1.49. The van der Waals surface area contributed by atoms with Crippen LogP contribution in [0.5, 0.6) is 5.75 Å². The second-order valence-electron chi connectivity index (χ2n) is 7.49. The SMILES string of the molecule is COc1ccc(Sc2cn([C@@H]3O[C@H](CO)[C@@H](O)[C@H](O)[C@H]3O)c3c(C)cccc23)c(F)c1. The summed E-state index contributed by atoms with van der Waals surface area (Å²) in [6.45, 7) is 1.38. The number of ether oxygens (including phenoxy) is 2. The first kappa shape index (κ1) is 22.1. The lowest BCUT2D eigenvalue weighted by Gasteiger charge is -2.40. The summed E-state index contributed by atoms with van der Waals surface area (Å²) in [7, 11) is 1.47.